The molecule has 2 N–H and O–H groups in total. The number of nitrogens with zero attached hydrogens (tertiary/aromatic N) is 1. The number of fused-ring (bicyclic) bond motifs is 1. The van der Waals surface area contributed by atoms with E-state index in [0.29, 0.717) is 6.10 Å². The van der Waals surface area contributed by atoms with E-state index in [9.17, 15) is 0 Å². The van der Waals surface area contributed by atoms with E-state index in [1.165, 1.54) is 16.3 Å². The number of ether oxygens (including phenoxy) is 1. The maximum atomic E-state index is 6.17. The zero-order chi connectivity index (χ0) is 13.2. The minimum Gasteiger partial charge on any atom is -0.398 e. The average Bonchev–Trinajstić information content (AvgIpc) is 2.87. The molecule has 1 aliphatic heterocycles. The van der Waals surface area contributed by atoms with Crippen LogP contribution in [0.3, 0.4) is 0 Å². The lowest BCUT2D eigenvalue weighted by Crippen LogP contribution is -2.22. The van der Waals surface area contributed by atoms with E-state index in [-0.39, 0.29) is 0 Å². The average molecular weight is 256 g/mol. The lowest BCUT2D eigenvalue weighted by molar-refractivity contribution is 0.107. The first-order chi connectivity index (χ1) is 9.26. The minimum absolute atomic E-state index is 0.377. The van der Waals surface area contributed by atoms with Crippen LogP contribution in [0.2, 0.25) is 0 Å². The van der Waals surface area contributed by atoms with E-state index >= 15 is 0 Å². The number of anilines is 1. The number of benzene rings is 2. The van der Waals surface area contributed by atoms with Gasteiger partial charge in [0.2, 0.25) is 0 Å². The van der Waals surface area contributed by atoms with Gasteiger partial charge in [-0.3, -0.25) is 4.90 Å². The Kier molecular flexibility index (Phi) is 3.40. The van der Waals surface area contributed by atoms with Crippen LogP contribution in [-0.4, -0.2) is 31.2 Å². The minimum atomic E-state index is 0.377. The van der Waals surface area contributed by atoms with Crippen molar-refractivity contribution in [1.29, 1.82) is 0 Å². The van der Waals surface area contributed by atoms with E-state index < -0.39 is 0 Å². The topological polar surface area (TPSA) is 38.5 Å². The number of rotatable bonds is 3. The van der Waals surface area contributed by atoms with Crippen molar-refractivity contribution in [2.24, 2.45) is 0 Å². The van der Waals surface area contributed by atoms with Crippen LogP contribution in [0.1, 0.15) is 12.0 Å². The maximum Gasteiger partial charge on any atom is 0.0710 e. The highest BCUT2D eigenvalue weighted by Crippen LogP contribution is 2.24. The third-order valence-corrected chi connectivity index (χ3v) is 3.96. The van der Waals surface area contributed by atoms with Crippen LogP contribution in [0.25, 0.3) is 10.8 Å². The molecule has 0 aromatic heterocycles. The first-order valence-electron chi connectivity index (χ1n) is 6.78. The molecular formula is C16H20N2O. The molecule has 3 heteroatoms. The highest BCUT2D eigenvalue weighted by molar-refractivity contribution is 5.86. The third-order valence-electron chi connectivity index (χ3n) is 3.96. The predicted molar refractivity (Wildman–Crippen MR) is 79.1 cm³/mol. The Labute approximate surface area is 114 Å². The Morgan fingerprint density at radius 2 is 2.00 bits per heavy atom. The molecule has 3 nitrogen and oxygen atoms in total. The summed E-state index contributed by atoms with van der Waals surface area (Å²) >= 11 is 0. The second kappa shape index (κ2) is 5.19. The van der Waals surface area contributed by atoms with E-state index in [0.717, 1.165) is 31.7 Å². The van der Waals surface area contributed by atoms with Crippen LogP contribution >= 0.6 is 0 Å². The lowest BCUT2D eigenvalue weighted by Gasteiger charge is -2.17. The van der Waals surface area contributed by atoms with Crippen LogP contribution in [0.4, 0.5) is 5.69 Å². The number of hydrogen-bond acceptors (Lipinski definition) is 3. The van der Waals surface area contributed by atoms with E-state index in [4.69, 9.17) is 10.5 Å². The van der Waals surface area contributed by atoms with Crippen LogP contribution in [-0.2, 0) is 11.3 Å². The van der Waals surface area contributed by atoms with E-state index in [1.54, 1.807) is 7.11 Å². The predicted octanol–water partition coefficient (Wildman–Crippen LogP) is 2.64. The molecule has 0 radical (unpaired) electrons. The molecule has 1 heterocycles. The fourth-order valence-corrected chi connectivity index (χ4v) is 2.82. The van der Waals surface area contributed by atoms with Crippen LogP contribution in [0.5, 0.6) is 0 Å². The quantitative estimate of drug-likeness (QED) is 0.858. The standard InChI is InChI=1S/C16H20N2O/c1-19-15-6-7-18(11-15)10-14-8-12-4-2-3-5-13(12)9-16(14)17/h2-5,8-9,15H,6-7,10-11,17H2,1H3. The van der Waals surface area contributed by atoms with E-state index in [1.807, 2.05) is 6.07 Å². The summed E-state index contributed by atoms with van der Waals surface area (Å²) in [4.78, 5) is 2.41. The molecular weight excluding hydrogens is 236 g/mol. The van der Waals surface area contributed by atoms with Crippen molar-refractivity contribution >= 4 is 16.5 Å². The summed E-state index contributed by atoms with van der Waals surface area (Å²) in [6, 6.07) is 12.6. The van der Waals surface area contributed by atoms with E-state index in [2.05, 4.69) is 35.2 Å². The Morgan fingerprint density at radius 3 is 2.68 bits per heavy atom. The van der Waals surface area contributed by atoms with Gasteiger partial charge < -0.3 is 10.5 Å². The third kappa shape index (κ3) is 2.57. The fourth-order valence-electron chi connectivity index (χ4n) is 2.82. The molecule has 1 unspecified atom stereocenters. The molecule has 100 valence electrons. The molecule has 2 aromatic rings. The molecule has 0 spiro atoms. The summed E-state index contributed by atoms with van der Waals surface area (Å²) in [6.07, 6.45) is 1.49. The highest BCUT2D eigenvalue weighted by atomic mass is 16.5. The Bertz CT molecular complexity index is 582. The molecule has 1 atom stereocenters. The molecule has 0 bridgehead atoms. The number of nitrogen functional groups attached to an aromatic ring is 1. The van der Waals surface area contributed by atoms with Gasteiger partial charge >= 0.3 is 0 Å². The SMILES string of the molecule is COC1CCN(Cc2cc3ccccc3cc2N)C1. The van der Waals surface area contributed by atoms with Gasteiger partial charge in [-0.15, -0.1) is 0 Å². The number of likely N-dealkylation sites (tertiary alicyclic amines) is 1. The first-order valence-corrected chi connectivity index (χ1v) is 6.78. The van der Waals surface area contributed by atoms with Crippen molar-refractivity contribution in [1.82, 2.24) is 4.90 Å². The summed E-state index contributed by atoms with van der Waals surface area (Å²) in [6.45, 7) is 3.00. The molecule has 0 amide bonds. The Hall–Kier alpha value is -1.58. The normalized spacial score (nSPS) is 20.2. The van der Waals surface area contributed by atoms with Gasteiger partial charge in [-0.05, 0) is 34.9 Å². The first kappa shape index (κ1) is 12.5. The molecule has 0 saturated carbocycles. The van der Waals surface area contributed by atoms with Gasteiger partial charge in [0, 0.05) is 32.4 Å². The number of hydrogen-bond donors (Lipinski definition) is 1. The van der Waals surface area contributed by atoms with Crippen molar-refractivity contribution in [2.45, 2.75) is 19.1 Å². The molecule has 3 rings (SSSR count). The van der Waals surface area contributed by atoms with Crippen molar-refractivity contribution in [3.05, 3.63) is 42.0 Å². The van der Waals surface area contributed by atoms with Crippen LogP contribution < -0.4 is 5.73 Å². The van der Waals surface area contributed by atoms with Crippen LogP contribution in [0.15, 0.2) is 36.4 Å². The number of methoxy groups -OCH3 is 1. The van der Waals surface area contributed by atoms with Gasteiger partial charge in [0.15, 0.2) is 0 Å². The summed E-state index contributed by atoms with van der Waals surface area (Å²) < 4.78 is 5.41. The molecule has 1 saturated heterocycles. The largest absolute Gasteiger partial charge is 0.398 e. The second-order valence-corrected chi connectivity index (χ2v) is 5.28. The molecule has 2 aromatic carbocycles. The summed E-state index contributed by atoms with van der Waals surface area (Å²) in [7, 11) is 1.79. The van der Waals surface area contributed by atoms with Crippen molar-refractivity contribution in [2.75, 3.05) is 25.9 Å². The van der Waals surface area contributed by atoms with Gasteiger partial charge in [0.05, 0.1) is 6.10 Å². The van der Waals surface area contributed by atoms with Gasteiger partial charge in [-0.2, -0.15) is 0 Å². The highest BCUT2D eigenvalue weighted by Gasteiger charge is 2.22. The summed E-state index contributed by atoms with van der Waals surface area (Å²) in [5.74, 6) is 0. The summed E-state index contributed by atoms with van der Waals surface area (Å²) in [5, 5.41) is 2.47. The lowest BCUT2D eigenvalue weighted by atomic mass is 10.0. The van der Waals surface area contributed by atoms with Gasteiger partial charge in [0.1, 0.15) is 0 Å². The van der Waals surface area contributed by atoms with Crippen LogP contribution in [0, 0.1) is 0 Å². The van der Waals surface area contributed by atoms with Crippen molar-refractivity contribution in [3.8, 4) is 0 Å². The number of nitrogens with two attached hydrogens (primary N) is 1. The Morgan fingerprint density at radius 1 is 1.26 bits per heavy atom. The monoisotopic (exact) mass is 256 g/mol. The zero-order valence-electron chi connectivity index (χ0n) is 11.3. The smallest absolute Gasteiger partial charge is 0.0710 e. The Balaban J connectivity index is 1.83. The van der Waals surface area contributed by atoms with Crippen molar-refractivity contribution in [3.63, 3.8) is 0 Å². The van der Waals surface area contributed by atoms with Gasteiger partial charge in [-0.1, -0.05) is 24.3 Å². The molecule has 19 heavy (non-hydrogen) atoms. The zero-order valence-corrected chi connectivity index (χ0v) is 11.3. The van der Waals surface area contributed by atoms with Gasteiger partial charge in [-0.25, -0.2) is 0 Å². The molecule has 1 aliphatic rings. The van der Waals surface area contributed by atoms with Gasteiger partial charge in [0.25, 0.3) is 0 Å². The second-order valence-electron chi connectivity index (χ2n) is 5.28. The molecule has 0 aliphatic carbocycles. The fraction of sp³-hybridized carbons (Fsp3) is 0.375. The maximum absolute atomic E-state index is 6.17. The van der Waals surface area contributed by atoms with Crippen molar-refractivity contribution < 1.29 is 4.74 Å². The molecule has 1 fully saturated rings. The summed E-state index contributed by atoms with van der Waals surface area (Å²) in [5.41, 5.74) is 8.28.